The smallest absolute Gasteiger partial charge is 0.197 e. The van der Waals surface area contributed by atoms with Crippen LogP contribution in [0.2, 0.25) is 10.0 Å². The molecule has 1 aliphatic rings. The van der Waals surface area contributed by atoms with Gasteiger partial charge in [-0.05, 0) is 30.3 Å². The summed E-state index contributed by atoms with van der Waals surface area (Å²) in [6.07, 6.45) is 0. The van der Waals surface area contributed by atoms with E-state index >= 15 is 0 Å². The third-order valence-electron chi connectivity index (χ3n) is 4.03. The molecular weight excluding hydrogens is 375 g/mol. The van der Waals surface area contributed by atoms with Gasteiger partial charge in [-0.15, -0.1) is 0 Å². The Kier molecular flexibility index (Phi) is 4.16. The van der Waals surface area contributed by atoms with Gasteiger partial charge in [-0.3, -0.25) is 9.59 Å². The molecule has 5 heteroatoms. The van der Waals surface area contributed by atoms with Gasteiger partial charge >= 0.3 is 0 Å². The Morgan fingerprint density at radius 1 is 0.640 bits per heavy atom. The summed E-state index contributed by atoms with van der Waals surface area (Å²) in [5.41, 5.74) is 1.13. The summed E-state index contributed by atoms with van der Waals surface area (Å²) in [7, 11) is 0. The van der Waals surface area contributed by atoms with Gasteiger partial charge in [0.05, 0.1) is 21.2 Å². The summed E-state index contributed by atoms with van der Waals surface area (Å²) in [4.78, 5) is 27.8. The molecule has 1 aliphatic carbocycles. The average molecular weight is 385 g/mol. The summed E-state index contributed by atoms with van der Waals surface area (Å²) >= 11 is 13.8. The Labute approximate surface area is 158 Å². The standard InChI is InChI=1S/C20H10Cl2O2S/c21-13-9-10-14(22)18-17(13)19(23)12-7-4-8-15(16(12)20(18)24)25-11-5-2-1-3-6-11/h1-10H. The molecule has 25 heavy (non-hydrogen) atoms. The van der Waals surface area contributed by atoms with Crippen molar-refractivity contribution in [1.82, 2.24) is 0 Å². The molecule has 3 aromatic carbocycles. The molecule has 0 aromatic heterocycles. The number of benzene rings is 3. The zero-order valence-corrected chi connectivity index (χ0v) is 15.1. The highest BCUT2D eigenvalue weighted by atomic mass is 35.5. The van der Waals surface area contributed by atoms with E-state index in [1.54, 1.807) is 24.3 Å². The van der Waals surface area contributed by atoms with Gasteiger partial charge in [0.1, 0.15) is 0 Å². The lowest BCUT2D eigenvalue weighted by Crippen LogP contribution is -2.22. The second kappa shape index (κ2) is 6.34. The summed E-state index contributed by atoms with van der Waals surface area (Å²) in [5, 5.41) is 0.479. The average Bonchev–Trinajstić information content (AvgIpc) is 2.62. The molecule has 0 N–H and O–H groups in total. The van der Waals surface area contributed by atoms with E-state index in [0.717, 1.165) is 9.79 Å². The number of hydrogen-bond acceptors (Lipinski definition) is 3. The lowest BCUT2D eigenvalue weighted by molar-refractivity contribution is 0.0977. The predicted octanol–water partition coefficient (Wildman–Crippen LogP) is 5.92. The molecule has 0 fully saturated rings. The first-order valence-corrected chi connectivity index (χ1v) is 9.08. The van der Waals surface area contributed by atoms with E-state index < -0.39 is 0 Å². The Hall–Kier alpha value is -2.07. The van der Waals surface area contributed by atoms with Crippen LogP contribution in [0.1, 0.15) is 31.8 Å². The number of halogens is 2. The molecule has 0 saturated heterocycles. The summed E-state index contributed by atoms with van der Waals surface area (Å²) in [5.74, 6) is -0.538. The fourth-order valence-corrected chi connectivity index (χ4v) is 4.40. The Bertz CT molecular complexity index is 1030. The summed E-state index contributed by atoms with van der Waals surface area (Å²) in [6, 6.07) is 18.1. The number of carbonyl (C=O) groups is 2. The molecule has 0 atom stereocenters. The number of fused-ring (bicyclic) bond motifs is 2. The lowest BCUT2D eigenvalue weighted by atomic mass is 9.84. The monoisotopic (exact) mass is 384 g/mol. The van der Waals surface area contributed by atoms with Crippen LogP contribution >= 0.6 is 35.0 Å². The van der Waals surface area contributed by atoms with Crippen LogP contribution in [0.4, 0.5) is 0 Å². The highest BCUT2D eigenvalue weighted by Crippen LogP contribution is 2.40. The van der Waals surface area contributed by atoms with E-state index in [1.165, 1.54) is 11.8 Å². The predicted molar refractivity (Wildman–Crippen MR) is 100 cm³/mol. The van der Waals surface area contributed by atoms with Gasteiger partial charge < -0.3 is 0 Å². The summed E-state index contributed by atoms with van der Waals surface area (Å²) < 4.78 is 0. The van der Waals surface area contributed by atoms with Crippen LogP contribution in [-0.2, 0) is 0 Å². The molecule has 0 unspecified atom stereocenters. The zero-order chi connectivity index (χ0) is 17.6. The molecule has 3 aromatic rings. The number of hydrogen-bond donors (Lipinski definition) is 0. The van der Waals surface area contributed by atoms with Gasteiger partial charge in [-0.25, -0.2) is 0 Å². The van der Waals surface area contributed by atoms with Crippen molar-refractivity contribution in [2.24, 2.45) is 0 Å². The van der Waals surface area contributed by atoms with Gasteiger partial charge in [-0.2, -0.15) is 0 Å². The van der Waals surface area contributed by atoms with E-state index in [2.05, 4.69) is 0 Å². The lowest BCUT2D eigenvalue weighted by Gasteiger charge is -2.21. The second-order valence-corrected chi connectivity index (χ2v) is 7.46. The molecule has 0 saturated carbocycles. The molecule has 0 amide bonds. The van der Waals surface area contributed by atoms with Crippen LogP contribution in [0.3, 0.4) is 0 Å². The van der Waals surface area contributed by atoms with Crippen molar-refractivity contribution in [3.63, 3.8) is 0 Å². The van der Waals surface area contributed by atoms with Gasteiger partial charge in [0.2, 0.25) is 0 Å². The van der Waals surface area contributed by atoms with Gasteiger partial charge in [0.25, 0.3) is 0 Å². The van der Waals surface area contributed by atoms with Crippen LogP contribution in [0, 0.1) is 0 Å². The molecular formula is C20H10Cl2O2S. The van der Waals surface area contributed by atoms with Crippen LogP contribution in [0.5, 0.6) is 0 Å². The topological polar surface area (TPSA) is 34.1 Å². The van der Waals surface area contributed by atoms with E-state index in [4.69, 9.17) is 23.2 Å². The Morgan fingerprint density at radius 3 is 1.96 bits per heavy atom. The minimum absolute atomic E-state index is 0.188. The van der Waals surface area contributed by atoms with Crippen molar-refractivity contribution in [3.05, 3.63) is 93.0 Å². The molecule has 2 nitrogen and oxygen atoms in total. The van der Waals surface area contributed by atoms with E-state index in [-0.39, 0.29) is 32.7 Å². The molecule has 0 radical (unpaired) electrons. The van der Waals surface area contributed by atoms with Crippen LogP contribution in [0.15, 0.2) is 70.5 Å². The third kappa shape index (κ3) is 2.69. The van der Waals surface area contributed by atoms with E-state index in [1.807, 2.05) is 36.4 Å². The van der Waals surface area contributed by atoms with Crippen LogP contribution in [0.25, 0.3) is 0 Å². The highest BCUT2D eigenvalue weighted by Gasteiger charge is 2.35. The first-order chi connectivity index (χ1) is 12.1. The fraction of sp³-hybridized carbons (Fsp3) is 0. The maximum absolute atomic E-state index is 13.1. The van der Waals surface area contributed by atoms with Crippen molar-refractivity contribution in [2.75, 3.05) is 0 Å². The van der Waals surface area contributed by atoms with Gasteiger partial charge in [-0.1, -0.05) is 65.3 Å². The third-order valence-corrected chi connectivity index (χ3v) is 5.72. The molecule has 4 rings (SSSR count). The highest BCUT2D eigenvalue weighted by molar-refractivity contribution is 7.99. The van der Waals surface area contributed by atoms with Crippen molar-refractivity contribution in [1.29, 1.82) is 0 Å². The van der Waals surface area contributed by atoms with Crippen molar-refractivity contribution < 1.29 is 9.59 Å². The SMILES string of the molecule is O=C1c2cccc(Sc3ccccc3)c2C(=O)c2c(Cl)ccc(Cl)c21. The first-order valence-electron chi connectivity index (χ1n) is 7.51. The quantitative estimate of drug-likeness (QED) is 0.430. The van der Waals surface area contributed by atoms with E-state index in [9.17, 15) is 9.59 Å². The van der Waals surface area contributed by atoms with Crippen molar-refractivity contribution >= 4 is 46.5 Å². The van der Waals surface area contributed by atoms with Crippen molar-refractivity contribution in [2.45, 2.75) is 9.79 Å². The fourth-order valence-electron chi connectivity index (χ4n) is 2.91. The molecule has 0 aliphatic heterocycles. The maximum Gasteiger partial charge on any atom is 0.197 e. The zero-order valence-electron chi connectivity index (χ0n) is 12.8. The summed E-state index contributed by atoms with van der Waals surface area (Å²) in [6.45, 7) is 0. The van der Waals surface area contributed by atoms with Gasteiger partial charge in [0.15, 0.2) is 11.6 Å². The Balaban J connectivity index is 1.92. The minimum Gasteiger partial charge on any atom is -0.289 e. The molecule has 0 spiro atoms. The van der Waals surface area contributed by atoms with Crippen molar-refractivity contribution in [3.8, 4) is 0 Å². The molecule has 0 bridgehead atoms. The van der Waals surface area contributed by atoms with E-state index in [0.29, 0.717) is 11.1 Å². The first kappa shape index (κ1) is 16.4. The maximum atomic E-state index is 13.1. The van der Waals surface area contributed by atoms with Crippen LogP contribution < -0.4 is 0 Å². The molecule has 122 valence electrons. The number of ketones is 2. The minimum atomic E-state index is -0.271. The normalized spacial score (nSPS) is 12.7. The Morgan fingerprint density at radius 2 is 1.28 bits per heavy atom. The van der Waals surface area contributed by atoms with Gasteiger partial charge in [0, 0.05) is 20.9 Å². The number of rotatable bonds is 2. The van der Waals surface area contributed by atoms with Crippen LogP contribution in [-0.4, -0.2) is 11.6 Å². The largest absolute Gasteiger partial charge is 0.289 e. The second-order valence-electron chi connectivity index (χ2n) is 5.53. The number of carbonyl (C=O) groups excluding carboxylic acids is 2. The molecule has 0 heterocycles.